The highest BCUT2D eigenvalue weighted by molar-refractivity contribution is 7.26. The third-order valence-corrected chi connectivity index (χ3v) is 10.9. The Hall–Kier alpha value is -6.17. The maximum Gasteiger partial charge on any atom is 0.164 e. The normalized spacial score (nSPS) is 14.6. The van der Waals surface area contributed by atoms with Crippen molar-refractivity contribution in [3.8, 4) is 34.2 Å². The van der Waals surface area contributed by atoms with Crippen LogP contribution >= 0.6 is 11.3 Å². The summed E-state index contributed by atoms with van der Waals surface area (Å²) in [5.41, 5.74) is 8.33. The van der Waals surface area contributed by atoms with Gasteiger partial charge in [0.2, 0.25) is 0 Å². The monoisotopic (exact) mass is 659 g/mol. The molecule has 3 aromatic heterocycles. The largest absolute Gasteiger partial charge is 0.456 e. The number of hydrogen-bond acceptors (Lipinski definition) is 5. The lowest BCUT2D eigenvalue weighted by Gasteiger charge is -2.18. The third kappa shape index (κ3) is 4.94. The molecule has 4 nitrogen and oxygen atoms in total. The van der Waals surface area contributed by atoms with Crippen LogP contribution in [-0.4, -0.2) is 15.0 Å². The molecule has 1 unspecified atom stereocenters. The number of hydrogen-bond donors (Lipinski definition) is 0. The zero-order valence-corrected chi connectivity index (χ0v) is 27.8. The van der Waals surface area contributed by atoms with Gasteiger partial charge >= 0.3 is 0 Å². The van der Waals surface area contributed by atoms with Crippen LogP contribution in [0.3, 0.4) is 0 Å². The van der Waals surface area contributed by atoms with Gasteiger partial charge in [0.05, 0.1) is 0 Å². The Kier molecular flexibility index (Phi) is 6.78. The number of furan rings is 1. The molecule has 50 heavy (non-hydrogen) atoms. The van der Waals surface area contributed by atoms with E-state index in [1.807, 2.05) is 72.0 Å². The minimum Gasteiger partial charge on any atom is -0.456 e. The van der Waals surface area contributed by atoms with Crippen molar-refractivity contribution in [2.24, 2.45) is 0 Å². The van der Waals surface area contributed by atoms with E-state index in [1.165, 1.54) is 36.9 Å². The number of aromatic nitrogens is 3. The molecule has 0 N–H and O–H groups in total. The lowest BCUT2D eigenvalue weighted by atomic mass is 9.86. The van der Waals surface area contributed by atoms with Crippen LogP contribution < -0.4 is 0 Å². The highest BCUT2D eigenvalue weighted by atomic mass is 32.1. The van der Waals surface area contributed by atoms with Crippen LogP contribution in [0.25, 0.3) is 81.8 Å². The Bertz CT molecular complexity index is 2740. The number of benzene rings is 6. The van der Waals surface area contributed by atoms with Gasteiger partial charge in [-0.25, -0.2) is 15.0 Å². The molecule has 1 aliphatic rings. The predicted molar refractivity (Wildman–Crippen MR) is 207 cm³/mol. The van der Waals surface area contributed by atoms with Crippen LogP contribution in [0.2, 0.25) is 0 Å². The first-order chi connectivity index (χ1) is 24.7. The first-order valence-corrected chi connectivity index (χ1v) is 17.7. The van der Waals surface area contributed by atoms with E-state index in [9.17, 15) is 0 Å². The van der Waals surface area contributed by atoms with Gasteiger partial charge in [-0.15, -0.1) is 11.3 Å². The maximum absolute atomic E-state index is 6.45. The standard InChI is InChI=1S/C45H29N3OS/c1-3-11-28(12-4-1)43-46-44(29-13-5-2-6-14-29)48-45(47-43)33-21-23-35-38-26-31(22-24-39(38)49-40(35)27-33)30-15-9-16-32(25-30)34-18-10-19-37-36-17-7-8-20-41(36)50-42(34)37/h1-14,16-27,30H,15H2. The lowest BCUT2D eigenvalue weighted by Crippen LogP contribution is -2.00. The molecular formula is C45H29N3OS. The molecule has 0 bridgehead atoms. The SMILES string of the molecule is C1=CC(c2cccc3c2sc2ccccc23)=CC(c2ccc3oc4cc(-c5nc(-c6ccccc6)nc(-c6ccccc6)n5)ccc4c3c2)C1. The van der Waals surface area contributed by atoms with Gasteiger partial charge in [-0.05, 0) is 53.5 Å². The van der Waals surface area contributed by atoms with Crippen molar-refractivity contribution < 1.29 is 4.42 Å². The van der Waals surface area contributed by atoms with Crippen LogP contribution in [0.5, 0.6) is 0 Å². The van der Waals surface area contributed by atoms with E-state index < -0.39 is 0 Å². The van der Waals surface area contributed by atoms with Crippen molar-refractivity contribution in [3.63, 3.8) is 0 Å². The van der Waals surface area contributed by atoms with Gasteiger partial charge in [0, 0.05) is 53.6 Å². The van der Waals surface area contributed by atoms with Gasteiger partial charge in [0.1, 0.15) is 11.2 Å². The Morgan fingerprint density at radius 2 is 1.24 bits per heavy atom. The molecule has 0 fully saturated rings. The molecule has 6 aromatic carbocycles. The zero-order chi connectivity index (χ0) is 33.0. The fourth-order valence-corrected chi connectivity index (χ4v) is 8.41. The first kappa shape index (κ1) is 28.8. The molecule has 5 heteroatoms. The second-order valence-electron chi connectivity index (χ2n) is 12.8. The topological polar surface area (TPSA) is 51.8 Å². The summed E-state index contributed by atoms with van der Waals surface area (Å²) < 4.78 is 9.13. The van der Waals surface area contributed by atoms with E-state index in [0.717, 1.165) is 45.0 Å². The highest BCUT2D eigenvalue weighted by Crippen LogP contribution is 2.41. The smallest absolute Gasteiger partial charge is 0.164 e. The molecule has 9 aromatic rings. The molecule has 0 amide bonds. The van der Waals surface area contributed by atoms with Crippen LogP contribution in [-0.2, 0) is 0 Å². The molecule has 1 atom stereocenters. The molecule has 0 spiro atoms. The van der Waals surface area contributed by atoms with Gasteiger partial charge in [-0.1, -0.05) is 127 Å². The van der Waals surface area contributed by atoms with E-state index in [1.54, 1.807) is 0 Å². The summed E-state index contributed by atoms with van der Waals surface area (Å²) in [5.74, 6) is 2.16. The van der Waals surface area contributed by atoms with E-state index in [0.29, 0.717) is 17.5 Å². The summed E-state index contributed by atoms with van der Waals surface area (Å²) in [5, 5.41) is 4.85. The maximum atomic E-state index is 6.45. The minimum absolute atomic E-state index is 0.270. The molecule has 1 aliphatic carbocycles. The zero-order valence-electron chi connectivity index (χ0n) is 27.0. The average molecular weight is 660 g/mol. The number of fused-ring (bicyclic) bond motifs is 6. The van der Waals surface area contributed by atoms with Crippen molar-refractivity contribution in [2.45, 2.75) is 12.3 Å². The van der Waals surface area contributed by atoms with Crippen LogP contribution in [0, 0.1) is 0 Å². The average Bonchev–Trinajstić information content (AvgIpc) is 3.76. The van der Waals surface area contributed by atoms with Crippen molar-refractivity contribution in [2.75, 3.05) is 0 Å². The summed E-state index contributed by atoms with van der Waals surface area (Å²) in [6.45, 7) is 0. The van der Waals surface area contributed by atoms with Crippen molar-refractivity contribution in [1.82, 2.24) is 15.0 Å². The van der Waals surface area contributed by atoms with Gasteiger partial charge in [-0.3, -0.25) is 0 Å². The second kappa shape index (κ2) is 11.8. The second-order valence-corrected chi connectivity index (χ2v) is 13.8. The molecule has 3 heterocycles. The Morgan fingerprint density at radius 3 is 2.02 bits per heavy atom. The summed E-state index contributed by atoms with van der Waals surface area (Å²) in [4.78, 5) is 14.7. The molecular weight excluding hydrogens is 631 g/mol. The molecule has 236 valence electrons. The van der Waals surface area contributed by atoms with E-state index >= 15 is 0 Å². The fourth-order valence-electron chi connectivity index (χ4n) is 7.17. The van der Waals surface area contributed by atoms with Gasteiger partial charge in [-0.2, -0.15) is 0 Å². The van der Waals surface area contributed by atoms with Crippen LogP contribution in [0.4, 0.5) is 0 Å². The summed E-state index contributed by atoms with van der Waals surface area (Å²) in [6.07, 6.45) is 8.01. The first-order valence-electron chi connectivity index (χ1n) is 16.9. The molecule has 0 saturated carbocycles. The number of thiophene rings is 1. The summed E-state index contributed by atoms with van der Waals surface area (Å²) >= 11 is 1.88. The number of allylic oxidation sites excluding steroid dienone is 4. The number of nitrogens with zero attached hydrogens (tertiary/aromatic N) is 3. The Balaban J connectivity index is 1.03. The van der Waals surface area contributed by atoms with E-state index in [2.05, 4.69) is 97.1 Å². The van der Waals surface area contributed by atoms with E-state index in [-0.39, 0.29) is 5.92 Å². The van der Waals surface area contributed by atoms with Gasteiger partial charge in [0.25, 0.3) is 0 Å². The Labute approximate surface area is 292 Å². The Morgan fingerprint density at radius 1 is 0.540 bits per heavy atom. The number of rotatable bonds is 5. The van der Waals surface area contributed by atoms with E-state index in [4.69, 9.17) is 19.4 Å². The quantitative estimate of drug-likeness (QED) is 0.184. The molecule has 10 rings (SSSR count). The van der Waals surface area contributed by atoms with Crippen molar-refractivity contribution in [3.05, 3.63) is 169 Å². The molecule has 0 radical (unpaired) electrons. The molecule has 0 aliphatic heterocycles. The van der Waals surface area contributed by atoms with Crippen molar-refractivity contribution in [1.29, 1.82) is 0 Å². The molecule has 0 saturated heterocycles. The fraction of sp³-hybridized carbons (Fsp3) is 0.0444. The van der Waals surface area contributed by atoms with Gasteiger partial charge < -0.3 is 4.42 Å². The van der Waals surface area contributed by atoms with Crippen LogP contribution in [0.1, 0.15) is 23.5 Å². The minimum atomic E-state index is 0.270. The summed E-state index contributed by atoms with van der Waals surface area (Å²) in [7, 11) is 0. The van der Waals surface area contributed by atoms with Gasteiger partial charge in [0.15, 0.2) is 17.5 Å². The summed E-state index contributed by atoms with van der Waals surface area (Å²) in [6, 6.07) is 48.4. The van der Waals surface area contributed by atoms with Crippen LogP contribution in [0.15, 0.2) is 162 Å². The van der Waals surface area contributed by atoms with Crippen molar-refractivity contribution >= 4 is 59.0 Å². The third-order valence-electron chi connectivity index (χ3n) is 9.66. The predicted octanol–water partition coefficient (Wildman–Crippen LogP) is 12.3. The highest BCUT2D eigenvalue weighted by Gasteiger charge is 2.19. The lowest BCUT2D eigenvalue weighted by molar-refractivity contribution is 0.668.